The van der Waals surface area contributed by atoms with Crippen LogP contribution in [0.25, 0.3) is 88.5 Å². The number of hydrogen-bond acceptors (Lipinski definition) is 8. The topological polar surface area (TPSA) is 118 Å². The third-order valence-electron chi connectivity index (χ3n) is 10.5. The summed E-state index contributed by atoms with van der Waals surface area (Å²) in [4.78, 5) is 17.8. The van der Waals surface area contributed by atoms with Crippen molar-refractivity contribution in [3.8, 4) is 45.0 Å². The smallest absolute Gasteiger partial charge is 0.137 e. The quantitative estimate of drug-likeness (QED) is 0.167. The number of rotatable bonds is 4. The van der Waals surface area contributed by atoms with E-state index in [-0.39, 0.29) is 40.2 Å². The molecule has 0 spiro atoms. The maximum atomic E-state index is 7.00. The molecule has 354 valence electrons. The Labute approximate surface area is 435 Å². The Morgan fingerprint density at radius 3 is 1.43 bits per heavy atom. The third kappa shape index (κ3) is 13.9. The van der Waals surface area contributed by atoms with E-state index in [9.17, 15) is 0 Å². The molecule has 70 heavy (non-hydrogen) atoms. The number of aryl methyl sites for hydroxylation is 2. The summed E-state index contributed by atoms with van der Waals surface area (Å²) in [6, 6.07) is 72.2. The molecule has 8 nitrogen and oxygen atoms in total. The van der Waals surface area contributed by atoms with Crippen molar-refractivity contribution in [2.45, 2.75) is 13.8 Å². The molecule has 0 aliphatic heterocycles. The van der Waals surface area contributed by atoms with Gasteiger partial charge in [0.05, 0.1) is 18.2 Å². The van der Waals surface area contributed by atoms with Crippen LogP contribution < -0.4 is 0 Å². The molecule has 6 aromatic carbocycles. The predicted octanol–water partition coefficient (Wildman–Crippen LogP) is 14.0. The second-order valence-electron chi connectivity index (χ2n) is 14.9. The number of hydrogen-bond donors (Lipinski definition) is 2. The molecule has 2 N–H and O–H groups in total. The Hall–Kier alpha value is -7.26. The second-order valence-corrected chi connectivity index (χ2v) is 14.9. The third-order valence-corrected chi connectivity index (χ3v) is 10.5. The fourth-order valence-electron chi connectivity index (χ4n) is 7.33. The Morgan fingerprint density at radius 1 is 0.414 bits per heavy atom. The zero-order valence-electron chi connectivity index (χ0n) is 38.9. The molecular weight excluding hydrogens is 1230 g/mol. The Morgan fingerprint density at radius 2 is 0.900 bits per heavy atom. The molecule has 2 radical (unpaired) electrons. The summed E-state index contributed by atoms with van der Waals surface area (Å²) >= 11 is 0. The van der Waals surface area contributed by atoms with E-state index in [1.807, 2.05) is 141 Å². The van der Waals surface area contributed by atoms with Crippen molar-refractivity contribution in [2.24, 2.45) is 0 Å². The van der Waals surface area contributed by atoms with Crippen molar-refractivity contribution < 1.29 is 59.3 Å². The number of aromatic nitrogens is 4. The first-order valence-corrected chi connectivity index (χ1v) is 21.8. The van der Waals surface area contributed by atoms with E-state index in [1.54, 1.807) is 24.9 Å². The number of nitrogens with zero attached hydrogens (tertiary/aromatic N) is 4. The van der Waals surface area contributed by atoms with Crippen LogP contribution in [-0.4, -0.2) is 44.4 Å². The largest absolute Gasteiger partial charge is 0.465 e. The van der Waals surface area contributed by atoms with E-state index in [0.717, 1.165) is 92.6 Å². The van der Waals surface area contributed by atoms with Gasteiger partial charge in [0.1, 0.15) is 11.2 Å². The van der Waals surface area contributed by atoms with Gasteiger partial charge in [-0.25, -0.2) is 0 Å². The summed E-state index contributed by atoms with van der Waals surface area (Å²) in [6.07, 6.45) is 6.95. The molecule has 0 fully saturated rings. The van der Waals surface area contributed by atoms with E-state index >= 15 is 0 Å². The molecule has 6 heterocycles. The van der Waals surface area contributed by atoms with Gasteiger partial charge in [-0.15, -0.1) is 101 Å². The molecule has 0 amide bonds. The summed E-state index contributed by atoms with van der Waals surface area (Å²) in [7, 11) is 2.00. The number of fused-ring (bicyclic) bond motifs is 4. The molecule has 0 saturated carbocycles. The average molecular weight is 1270 g/mol. The van der Waals surface area contributed by atoms with E-state index in [2.05, 4.69) is 98.8 Å². The van der Waals surface area contributed by atoms with Crippen molar-refractivity contribution in [3.05, 3.63) is 243 Å². The molecule has 0 aliphatic carbocycles. The normalized spacial score (nSPS) is 9.91. The molecule has 12 rings (SSSR count). The first kappa shape index (κ1) is 53.7. The average Bonchev–Trinajstić information content (AvgIpc) is 4.12. The van der Waals surface area contributed by atoms with E-state index in [0.29, 0.717) is 0 Å². The molecule has 0 saturated heterocycles. The van der Waals surface area contributed by atoms with Crippen LogP contribution in [0, 0.1) is 32.0 Å². The van der Waals surface area contributed by atoms with Crippen LogP contribution in [0.5, 0.6) is 0 Å². The van der Waals surface area contributed by atoms with Crippen molar-refractivity contribution in [3.63, 3.8) is 0 Å². The predicted molar refractivity (Wildman–Crippen MR) is 276 cm³/mol. The van der Waals surface area contributed by atoms with E-state index in [1.165, 1.54) is 21.5 Å². The van der Waals surface area contributed by atoms with Gasteiger partial charge < -0.3 is 34.0 Å². The zero-order valence-corrected chi connectivity index (χ0v) is 43.7. The van der Waals surface area contributed by atoms with Crippen LogP contribution in [0.4, 0.5) is 0 Å². The van der Waals surface area contributed by atoms with Crippen LogP contribution in [-0.2, 0) is 40.2 Å². The monoisotopic (exact) mass is 1280 g/mol. The molecule has 0 aliphatic rings. The SMILES string of the molecule is CO.CO.Cc1cccc(-c2[c-]cccc2)n1.Cc1cccc(-c2[c-]cccc2)n1.[Ir].[Ir].[c-]1cc2ccccc2cc1-c1nccc2occc12.c1ccc2cc(-c3nccc4occc34)ccc2c1. The maximum absolute atomic E-state index is 7.00. The number of pyridine rings is 4. The summed E-state index contributed by atoms with van der Waals surface area (Å²) in [5, 5.41) is 20.9. The Bertz CT molecular complexity index is 3220. The first-order valence-electron chi connectivity index (χ1n) is 21.8. The minimum atomic E-state index is 0. The van der Waals surface area contributed by atoms with E-state index in [4.69, 9.17) is 19.0 Å². The molecule has 0 bridgehead atoms. The molecule has 0 atom stereocenters. The first-order chi connectivity index (χ1) is 33.6. The van der Waals surface area contributed by atoms with Crippen molar-refractivity contribution in [1.82, 2.24) is 19.9 Å². The van der Waals surface area contributed by atoms with Crippen LogP contribution in [0.2, 0.25) is 0 Å². The van der Waals surface area contributed by atoms with Gasteiger partial charge in [-0.3, -0.25) is 4.98 Å². The van der Waals surface area contributed by atoms with E-state index < -0.39 is 0 Å². The Kier molecular flexibility index (Phi) is 21.2. The van der Waals surface area contributed by atoms with Crippen molar-refractivity contribution >= 4 is 43.5 Å². The van der Waals surface area contributed by atoms with Gasteiger partial charge in [0.15, 0.2) is 0 Å². The fourth-order valence-corrected chi connectivity index (χ4v) is 7.33. The minimum absolute atomic E-state index is 0. The van der Waals surface area contributed by atoms with Crippen LogP contribution in [0.3, 0.4) is 0 Å². The van der Waals surface area contributed by atoms with Gasteiger partial charge in [-0.2, -0.15) is 0 Å². The number of aliphatic hydroxyl groups excluding tert-OH is 2. The van der Waals surface area contributed by atoms with Crippen molar-refractivity contribution in [1.29, 1.82) is 0 Å². The second kappa shape index (κ2) is 27.7. The fraction of sp³-hybridized carbons (Fsp3) is 0.0667. The number of benzene rings is 6. The minimum Gasteiger partial charge on any atom is -0.465 e. The Balaban J connectivity index is 0.000000171. The summed E-state index contributed by atoms with van der Waals surface area (Å²) in [6.45, 7) is 3.98. The molecule has 0 unspecified atom stereocenters. The number of aliphatic hydroxyl groups is 2. The molecule has 10 heteroatoms. The standard InChI is InChI=1S/C17H11NO.C17H10NO.2C12H10N.2CH4O.2Ir/c2*1-2-4-13-11-14(6-5-12(13)3-1)17-15-8-10-19-16(15)7-9-18-17;2*1-10-6-5-9-12(13-10)11-7-3-2-4-8-11;2*1-2;;/h1-11H;1-5,7-11H;2*2-7,9H,1H3;2*2H,1H3;;/q;3*-1;;;;. The van der Waals surface area contributed by atoms with Crippen molar-refractivity contribution in [2.75, 3.05) is 14.2 Å². The summed E-state index contributed by atoms with van der Waals surface area (Å²) in [5.74, 6) is 0. The van der Waals surface area contributed by atoms with Crippen LogP contribution in [0.15, 0.2) is 222 Å². The van der Waals surface area contributed by atoms with Gasteiger partial charge in [-0.1, -0.05) is 90.3 Å². The molecule has 12 aromatic rings. The maximum Gasteiger partial charge on any atom is 0.137 e. The summed E-state index contributed by atoms with van der Waals surface area (Å²) in [5.41, 5.74) is 11.9. The molecular formula is C60H49Ir2N4O4-3. The van der Waals surface area contributed by atoms with Gasteiger partial charge in [0.25, 0.3) is 0 Å². The summed E-state index contributed by atoms with van der Waals surface area (Å²) < 4.78 is 10.8. The van der Waals surface area contributed by atoms with Gasteiger partial charge in [0.2, 0.25) is 0 Å². The van der Waals surface area contributed by atoms with Gasteiger partial charge in [0, 0.05) is 94.5 Å². The zero-order chi connectivity index (χ0) is 47.5. The number of furan rings is 2. The van der Waals surface area contributed by atoms with Gasteiger partial charge >= 0.3 is 0 Å². The van der Waals surface area contributed by atoms with Crippen LogP contribution >= 0.6 is 0 Å². The van der Waals surface area contributed by atoms with Gasteiger partial charge in [-0.05, 0) is 84.2 Å². The van der Waals surface area contributed by atoms with Crippen LogP contribution in [0.1, 0.15) is 11.4 Å². The molecule has 6 aromatic heterocycles.